The van der Waals surface area contributed by atoms with Gasteiger partial charge in [0.25, 0.3) is 0 Å². The summed E-state index contributed by atoms with van der Waals surface area (Å²) < 4.78 is 8.81. The Bertz CT molecular complexity index is 3150. The van der Waals surface area contributed by atoms with E-state index < -0.39 is 0 Å². The molecule has 0 saturated heterocycles. The van der Waals surface area contributed by atoms with Crippen LogP contribution in [-0.4, -0.2) is 14.5 Å². The van der Waals surface area contributed by atoms with Gasteiger partial charge in [-0.15, -0.1) is 0 Å². The van der Waals surface area contributed by atoms with E-state index in [1.54, 1.807) is 0 Å². The molecule has 0 fully saturated rings. The Kier molecular flexibility index (Phi) is 5.63. The van der Waals surface area contributed by atoms with E-state index in [0.717, 1.165) is 71.6 Å². The smallest absolute Gasteiger partial charge is 0.235 e. The van der Waals surface area contributed by atoms with Crippen LogP contribution in [0.4, 0.5) is 0 Å². The Morgan fingerprint density at radius 2 is 1.14 bits per heavy atom. The third-order valence-corrected chi connectivity index (χ3v) is 10.2. The van der Waals surface area contributed by atoms with E-state index in [9.17, 15) is 0 Å². The molecule has 11 aromatic rings. The van der Waals surface area contributed by atoms with Crippen LogP contribution in [0.3, 0.4) is 0 Å². The van der Waals surface area contributed by atoms with E-state index in [2.05, 4.69) is 156 Å². The van der Waals surface area contributed by atoms with Crippen molar-refractivity contribution in [2.75, 3.05) is 0 Å². The Hall–Kier alpha value is -6.78. The maximum absolute atomic E-state index is 6.55. The number of aromatic nitrogens is 3. The lowest BCUT2D eigenvalue weighted by atomic mass is 9.98. The van der Waals surface area contributed by atoms with Gasteiger partial charge in [0, 0.05) is 38.1 Å². The van der Waals surface area contributed by atoms with Gasteiger partial charge in [-0.05, 0) is 57.4 Å². The van der Waals surface area contributed by atoms with Crippen LogP contribution in [0.1, 0.15) is 0 Å². The van der Waals surface area contributed by atoms with Crippen molar-refractivity contribution in [2.24, 2.45) is 0 Å². The van der Waals surface area contributed by atoms with Crippen LogP contribution >= 0.6 is 0 Å². The van der Waals surface area contributed by atoms with Gasteiger partial charge in [0.05, 0.1) is 22.2 Å². The van der Waals surface area contributed by atoms with E-state index in [1.165, 1.54) is 26.9 Å². The summed E-state index contributed by atoms with van der Waals surface area (Å²) in [5.41, 5.74) is 8.93. The molecule has 11 rings (SSSR count). The van der Waals surface area contributed by atoms with Crippen LogP contribution in [0.25, 0.3) is 105 Å². The molecule has 0 aliphatic carbocycles. The first kappa shape index (κ1) is 27.2. The zero-order valence-electron chi connectivity index (χ0n) is 26.8. The molecular formula is C46H27N3O. The minimum Gasteiger partial charge on any atom is -0.456 e. The summed E-state index contributed by atoms with van der Waals surface area (Å²) in [6, 6.07) is 57.7. The lowest BCUT2D eigenvalue weighted by Crippen LogP contribution is -2.04. The number of benzene rings is 8. The molecule has 4 heteroatoms. The predicted octanol–water partition coefficient (Wildman–Crippen LogP) is 12.3. The normalized spacial score (nSPS) is 12.0. The molecule has 0 saturated carbocycles. The van der Waals surface area contributed by atoms with Gasteiger partial charge in [-0.2, -0.15) is 0 Å². The number of fused-ring (bicyclic) bond motifs is 11. The highest BCUT2D eigenvalue weighted by Gasteiger charge is 2.22. The Balaban J connectivity index is 1.25. The third kappa shape index (κ3) is 3.87. The summed E-state index contributed by atoms with van der Waals surface area (Å²) in [7, 11) is 0. The second kappa shape index (κ2) is 10.4. The number of furan rings is 1. The SMILES string of the molecule is c1ccc(-c2nc(-n3c4ccc5ccccc5c4c4cccc(-c5ccc6c(c5)oc5ccc7ccccc7c56)c43)nc3ccccc23)cc1. The Morgan fingerprint density at radius 3 is 1.98 bits per heavy atom. The molecule has 8 aromatic carbocycles. The van der Waals surface area contributed by atoms with Crippen LogP contribution in [0, 0.1) is 0 Å². The quantitative estimate of drug-likeness (QED) is 0.194. The first-order chi connectivity index (χ1) is 24.8. The van der Waals surface area contributed by atoms with Crippen molar-refractivity contribution in [3.05, 3.63) is 164 Å². The summed E-state index contributed by atoms with van der Waals surface area (Å²) in [4.78, 5) is 10.6. The summed E-state index contributed by atoms with van der Waals surface area (Å²) in [5, 5.41) is 10.5. The van der Waals surface area contributed by atoms with Crippen molar-refractivity contribution in [3.8, 4) is 28.3 Å². The minimum atomic E-state index is 0.640. The predicted molar refractivity (Wildman–Crippen MR) is 207 cm³/mol. The van der Waals surface area contributed by atoms with Crippen molar-refractivity contribution in [3.63, 3.8) is 0 Å². The van der Waals surface area contributed by atoms with E-state index in [0.29, 0.717) is 5.95 Å². The van der Waals surface area contributed by atoms with Gasteiger partial charge >= 0.3 is 0 Å². The van der Waals surface area contributed by atoms with Crippen molar-refractivity contribution >= 4 is 76.2 Å². The highest BCUT2D eigenvalue weighted by atomic mass is 16.3. The van der Waals surface area contributed by atoms with E-state index in [4.69, 9.17) is 14.4 Å². The molecule has 0 amide bonds. The third-order valence-electron chi connectivity index (χ3n) is 10.2. The minimum absolute atomic E-state index is 0.640. The molecule has 3 aromatic heterocycles. The largest absolute Gasteiger partial charge is 0.456 e. The van der Waals surface area contributed by atoms with Gasteiger partial charge in [0.15, 0.2) is 0 Å². The second-order valence-corrected chi connectivity index (χ2v) is 12.9. The molecule has 0 aliphatic rings. The number of hydrogen-bond acceptors (Lipinski definition) is 3. The zero-order chi connectivity index (χ0) is 32.8. The maximum atomic E-state index is 6.55. The monoisotopic (exact) mass is 637 g/mol. The molecule has 0 N–H and O–H groups in total. The highest BCUT2D eigenvalue weighted by Crippen LogP contribution is 2.43. The van der Waals surface area contributed by atoms with Crippen molar-refractivity contribution in [1.29, 1.82) is 0 Å². The average molecular weight is 638 g/mol. The van der Waals surface area contributed by atoms with Crippen molar-refractivity contribution in [1.82, 2.24) is 14.5 Å². The molecule has 4 nitrogen and oxygen atoms in total. The molecule has 0 bridgehead atoms. The van der Waals surface area contributed by atoms with Crippen LogP contribution in [-0.2, 0) is 0 Å². The summed E-state index contributed by atoms with van der Waals surface area (Å²) in [5.74, 6) is 0.640. The van der Waals surface area contributed by atoms with Crippen LogP contribution in [0.15, 0.2) is 168 Å². The summed E-state index contributed by atoms with van der Waals surface area (Å²) in [6.45, 7) is 0. The number of nitrogens with zero attached hydrogens (tertiary/aromatic N) is 3. The van der Waals surface area contributed by atoms with E-state index >= 15 is 0 Å². The average Bonchev–Trinajstić information content (AvgIpc) is 3.74. The van der Waals surface area contributed by atoms with Crippen molar-refractivity contribution in [2.45, 2.75) is 0 Å². The van der Waals surface area contributed by atoms with E-state index in [1.807, 2.05) is 12.1 Å². The standard InChI is InChI=1S/C46H27N3O/c1-2-13-30(14-3-1)44-35-17-8-9-20-38(35)47-46(48-44)49-39-25-22-28-11-4-6-15-32(28)42(39)37-19-10-18-34(45(37)49)31-21-24-36-41(27-31)50-40-26-23-29-12-5-7-16-33(29)43(36)40/h1-27H. The number of rotatable bonds is 3. The first-order valence-electron chi connectivity index (χ1n) is 16.9. The van der Waals surface area contributed by atoms with Crippen LogP contribution in [0.2, 0.25) is 0 Å². The molecular weight excluding hydrogens is 611 g/mol. The molecule has 0 aliphatic heterocycles. The molecule has 232 valence electrons. The molecule has 0 atom stereocenters. The maximum Gasteiger partial charge on any atom is 0.235 e. The Morgan fingerprint density at radius 1 is 0.440 bits per heavy atom. The van der Waals surface area contributed by atoms with Gasteiger partial charge in [-0.3, -0.25) is 4.57 Å². The lowest BCUT2D eigenvalue weighted by Gasteiger charge is -2.13. The summed E-state index contributed by atoms with van der Waals surface area (Å²) in [6.07, 6.45) is 0. The van der Waals surface area contributed by atoms with Gasteiger partial charge in [-0.25, -0.2) is 9.97 Å². The van der Waals surface area contributed by atoms with E-state index in [-0.39, 0.29) is 0 Å². The molecule has 0 unspecified atom stereocenters. The van der Waals surface area contributed by atoms with Gasteiger partial charge in [-0.1, -0.05) is 133 Å². The van der Waals surface area contributed by atoms with Crippen molar-refractivity contribution < 1.29 is 4.42 Å². The zero-order valence-corrected chi connectivity index (χ0v) is 26.8. The molecule has 50 heavy (non-hydrogen) atoms. The lowest BCUT2D eigenvalue weighted by molar-refractivity contribution is 0.669. The Labute approximate surface area is 286 Å². The fourth-order valence-electron chi connectivity index (χ4n) is 7.97. The second-order valence-electron chi connectivity index (χ2n) is 12.9. The highest BCUT2D eigenvalue weighted by molar-refractivity contribution is 6.24. The molecule has 3 heterocycles. The van der Waals surface area contributed by atoms with Crippen LogP contribution < -0.4 is 0 Å². The first-order valence-corrected chi connectivity index (χ1v) is 16.9. The summed E-state index contributed by atoms with van der Waals surface area (Å²) >= 11 is 0. The number of para-hydroxylation sites is 2. The molecule has 0 spiro atoms. The number of hydrogen-bond donors (Lipinski definition) is 0. The fourth-order valence-corrected chi connectivity index (χ4v) is 7.97. The van der Waals surface area contributed by atoms with Gasteiger partial charge in [0.2, 0.25) is 5.95 Å². The van der Waals surface area contributed by atoms with Crippen LogP contribution in [0.5, 0.6) is 0 Å². The van der Waals surface area contributed by atoms with Gasteiger partial charge in [0.1, 0.15) is 11.2 Å². The fraction of sp³-hybridized carbons (Fsp3) is 0. The van der Waals surface area contributed by atoms with Gasteiger partial charge < -0.3 is 4.42 Å². The topological polar surface area (TPSA) is 43.9 Å². The molecule has 0 radical (unpaired) electrons.